The van der Waals surface area contributed by atoms with E-state index in [1.165, 1.54) is 21.7 Å². The van der Waals surface area contributed by atoms with Gasteiger partial charge in [-0.15, -0.1) is 29.3 Å². The Morgan fingerprint density at radius 1 is 1.35 bits per heavy atom. The van der Waals surface area contributed by atoms with E-state index in [9.17, 15) is 13.2 Å². The minimum atomic E-state index is -3.73. The summed E-state index contributed by atoms with van der Waals surface area (Å²) in [7, 11) is -3.73. The van der Waals surface area contributed by atoms with E-state index in [-0.39, 0.29) is 6.54 Å². The van der Waals surface area contributed by atoms with Crippen molar-refractivity contribution in [1.29, 1.82) is 0 Å². The van der Waals surface area contributed by atoms with Gasteiger partial charge in [-0.1, -0.05) is 23.7 Å². The first-order valence-electron chi connectivity index (χ1n) is 9.72. The number of thiazole rings is 1. The van der Waals surface area contributed by atoms with Gasteiger partial charge >= 0.3 is 0 Å². The summed E-state index contributed by atoms with van der Waals surface area (Å²) in [5.41, 5.74) is 0.947. The lowest BCUT2D eigenvalue weighted by Gasteiger charge is -2.38. The van der Waals surface area contributed by atoms with Gasteiger partial charge in [-0.05, 0) is 30.5 Å². The average Bonchev–Trinajstić information content (AvgIpc) is 3.33. The molecule has 164 valence electrons. The van der Waals surface area contributed by atoms with Crippen LogP contribution in [-0.4, -0.2) is 54.6 Å². The first-order valence-corrected chi connectivity index (χ1v) is 13.3. The van der Waals surface area contributed by atoms with Crippen molar-refractivity contribution in [2.45, 2.75) is 24.8 Å². The first-order chi connectivity index (χ1) is 14.8. The van der Waals surface area contributed by atoms with Crippen molar-refractivity contribution in [3.05, 3.63) is 62.9 Å². The van der Waals surface area contributed by atoms with Gasteiger partial charge in [0.2, 0.25) is 10.0 Å². The second-order valence-electron chi connectivity index (χ2n) is 7.45. The van der Waals surface area contributed by atoms with Crippen molar-refractivity contribution in [1.82, 2.24) is 14.2 Å². The molecule has 0 saturated carbocycles. The molecule has 1 aliphatic rings. The second-order valence-corrected chi connectivity index (χ2v) is 12.0. The zero-order valence-electron chi connectivity index (χ0n) is 16.9. The molecule has 1 saturated heterocycles. The fourth-order valence-electron chi connectivity index (χ4n) is 3.74. The third kappa shape index (κ3) is 4.62. The Morgan fingerprint density at radius 3 is 2.84 bits per heavy atom. The molecule has 2 atom stereocenters. The predicted molar refractivity (Wildman–Crippen MR) is 127 cm³/mol. The van der Waals surface area contributed by atoms with Gasteiger partial charge in [0.25, 0.3) is 0 Å². The summed E-state index contributed by atoms with van der Waals surface area (Å²) in [5.74, 6) is 0. The van der Waals surface area contributed by atoms with Gasteiger partial charge in [-0.2, -0.15) is 4.31 Å². The van der Waals surface area contributed by atoms with Crippen molar-refractivity contribution in [2.75, 3.05) is 19.6 Å². The molecule has 1 fully saturated rings. The number of rotatable bonds is 7. The zero-order chi connectivity index (χ0) is 22.2. The number of hydrogen-bond acceptors (Lipinski definition) is 7. The Balaban J connectivity index is 1.55. The molecule has 2 aromatic heterocycles. The fraction of sp³-hybridized carbons (Fsp3) is 0.333. The molecule has 1 aromatic carbocycles. The number of aromatic nitrogens is 1. The predicted octanol–water partition coefficient (Wildman–Crippen LogP) is 4.26. The molecule has 2 unspecified atom stereocenters. The Kier molecular flexibility index (Phi) is 6.62. The van der Waals surface area contributed by atoms with E-state index in [4.69, 9.17) is 11.6 Å². The summed E-state index contributed by atoms with van der Waals surface area (Å²) < 4.78 is 29.3. The van der Waals surface area contributed by atoms with Crippen LogP contribution in [0, 0.1) is 6.92 Å². The normalized spacial score (nSPS) is 19.5. The van der Waals surface area contributed by atoms with E-state index >= 15 is 0 Å². The minimum absolute atomic E-state index is 0.122. The van der Waals surface area contributed by atoms with Gasteiger partial charge in [0, 0.05) is 45.3 Å². The van der Waals surface area contributed by atoms with Crippen LogP contribution in [0.1, 0.15) is 20.8 Å². The summed E-state index contributed by atoms with van der Waals surface area (Å²) in [5, 5.41) is 3.58. The lowest BCUT2D eigenvalue weighted by Crippen LogP contribution is -2.55. The standard InChI is InChI=1S/C21H22ClN3O3S3/c1-3-20(19-8-15-4-5-16(22)9-18(15)30-19)31(27,28)25-7-6-24(17(10-25)12-26)11-21-23-14(2)13-29-21/h3-5,8-9,12-13,17,20H,1,6-7,10-11H2,2H3. The molecule has 0 bridgehead atoms. The van der Waals surface area contributed by atoms with Crippen molar-refractivity contribution in [2.24, 2.45) is 0 Å². The Bertz CT molecular complexity index is 1220. The quantitative estimate of drug-likeness (QED) is 0.362. The molecule has 0 amide bonds. The van der Waals surface area contributed by atoms with E-state index in [2.05, 4.69) is 11.6 Å². The molecule has 4 rings (SSSR count). The number of carbonyl (C=O) groups excluding carboxylic acids is 1. The topological polar surface area (TPSA) is 70.6 Å². The molecule has 10 heteroatoms. The number of benzene rings is 1. The van der Waals surface area contributed by atoms with Crippen LogP contribution in [-0.2, 0) is 21.4 Å². The van der Waals surface area contributed by atoms with Crippen LogP contribution < -0.4 is 0 Å². The molecule has 0 radical (unpaired) electrons. The van der Waals surface area contributed by atoms with E-state index < -0.39 is 21.3 Å². The first kappa shape index (κ1) is 22.6. The summed E-state index contributed by atoms with van der Waals surface area (Å²) in [6.45, 7) is 7.16. The largest absolute Gasteiger partial charge is 0.302 e. The van der Waals surface area contributed by atoms with Crippen LogP contribution in [0.3, 0.4) is 0 Å². The average molecular weight is 496 g/mol. The van der Waals surface area contributed by atoms with Gasteiger partial charge in [0.05, 0.1) is 12.6 Å². The van der Waals surface area contributed by atoms with E-state index in [1.54, 1.807) is 17.4 Å². The maximum Gasteiger partial charge on any atom is 0.225 e. The molecule has 6 nitrogen and oxygen atoms in total. The summed E-state index contributed by atoms with van der Waals surface area (Å²) in [4.78, 5) is 18.9. The van der Waals surface area contributed by atoms with Crippen LogP contribution in [0.4, 0.5) is 0 Å². The zero-order valence-corrected chi connectivity index (χ0v) is 20.1. The minimum Gasteiger partial charge on any atom is -0.302 e. The van der Waals surface area contributed by atoms with E-state index in [0.29, 0.717) is 29.5 Å². The number of nitrogens with zero attached hydrogens (tertiary/aromatic N) is 3. The van der Waals surface area contributed by atoms with Gasteiger partial charge in [-0.3, -0.25) is 4.90 Å². The smallest absolute Gasteiger partial charge is 0.225 e. The second kappa shape index (κ2) is 9.09. The SMILES string of the molecule is C=CC(c1cc2ccc(Cl)cc2s1)S(=O)(=O)N1CCN(Cc2nc(C)cs2)C(C=O)C1. The third-order valence-corrected chi connectivity index (χ3v) is 9.99. The highest BCUT2D eigenvalue weighted by Crippen LogP contribution is 2.37. The molecule has 1 aliphatic heterocycles. The Labute approximate surface area is 194 Å². The number of fused-ring (bicyclic) bond motifs is 1. The number of sulfonamides is 1. The highest BCUT2D eigenvalue weighted by Gasteiger charge is 2.38. The number of halogens is 1. The summed E-state index contributed by atoms with van der Waals surface area (Å²) in [6.07, 6.45) is 2.29. The van der Waals surface area contributed by atoms with Crippen LogP contribution in [0.5, 0.6) is 0 Å². The van der Waals surface area contributed by atoms with Crippen LogP contribution in [0.15, 0.2) is 42.3 Å². The molecule has 0 spiro atoms. The molecule has 31 heavy (non-hydrogen) atoms. The number of hydrogen-bond donors (Lipinski definition) is 0. The monoisotopic (exact) mass is 495 g/mol. The van der Waals surface area contributed by atoms with Crippen molar-refractivity contribution in [3.63, 3.8) is 0 Å². The lowest BCUT2D eigenvalue weighted by atomic mass is 10.2. The van der Waals surface area contributed by atoms with Crippen LogP contribution in [0.25, 0.3) is 10.1 Å². The van der Waals surface area contributed by atoms with Gasteiger partial charge in [0.1, 0.15) is 16.5 Å². The number of piperazine rings is 1. The number of aldehydes is 1. The summed E-state index contributed by atoms with van der Waals surface area (Å²) in [6, 6.07) is 6.86. The number of aryl methyl sites for hydroxylation is 1. The molecule has 3 heterocycles. The molecule has 0 N–H and O–H groups in total. The lowest BCUT2D eigenvalue weighted by molar-refractivity contribution is -0.114. The van der Waals surface area contributed by atoms with Crippen LogP contribution in [0.2, 0.25) is 5.02 Å². The molecule has 3 aromatic rings. The van der Waals surface area contributed by atoms with Crippen molar-refractivity contribution in [3.8, 4) is 0 Å². The van der Waals surface area contributed by atoms with Crippen molar-refractivity contribution >= 4 is 60.7 Å². The number of carbonyl (C=O) groups is 1. The molecular formula is C21H22ClN3O3S3. The maximum atomic E-state index is 13.5. The van der Waals surface area contributed by atoms with Crippen LogP contribution >= 0.6 is 34.3 Å². The van der Waals surface area contributed by atoms with Gasteiger partial charge < -0.3 is 4.79 Å². The maximum absolute atomic E-state index is 13.5. The van der Waals surface area contributed by atoms with Crippen molar-refractivity contribution < 1.29 is 13.2 Å². The highest BCUT2D eigenvalue weighted by molar-refractivity contribution is 7.89. The van der Waals surface area contributed by atoms with E-state index in [0.717, 1.165) is 27.1 Å². The number of thiophene rings is 1. The van der Waals surface area contributed by atoms with Gasteiger partial charge in [0.15, 0.2) is 0 Å². The Morgan fingerprint density at radius 2 is 2.16 bits per heavy atom. The molecular weight excluding hydrogens is 474 g/mol. The van der Waals surface area contributed by atoms with E-state index in [1.807, 2.05) is 35.4 Å². The molecule has 0 aliphatic carbocycles. The Hall–Kier alpha value is -1.62. The third-order valence-electron chi connectivity index (χ3n) is 5.33. The van der Waals surface area contributed by atoms with Gasteiger partial charge in [-0.25, -0.2) is 13.4 Å². The summed E-state index contributed by atoms with van der Waals surface area (Å²) >= 11 is 9.02. The highest BCUT2D eigenvalue weighted by atomic mass is 35.5. The fourth-order valence-corrected chi connectivity index (χ4v) is 7.99.